The van der Waals surface area contributed by atoms with Crippen molar-refractivity contribution in [2.24, 2.45) is 0 Å². The molecule has 0 N–H and O–H groups in total. The van der Waals surface area contributed by atoms with E-state index in [9.17, 15) is 0 Å². The van der Waals surface area contributed by atoms with Crippen LogP contribution in [0.4, 0.5) is 5.69 Å². The fourth-order valence-electron chi connectivity index (χ4n) is 0.954. The van der Waals surface area contributed by atoms with Gasteiger partial charge in [0.15, 0.2) is 0 Å². The van der Waals surface area contributed by atoms with Gasteiger partial charge in [0.1, 0.15) is 5.75 Å². The van der Waals surface area contributed by atoms with Gasteiger partial charge in [-0.2, -0.15) is 0 Å². The summed E-state index contributed by atoms with van der Waals surface area (Å²) in [4.78, 5) is 0. The summed E-state index contributed by atoms with van der Waals surface area (Å²) in [6, 6.07) is 7.64. The average molecular weight is 180 g/mol. The lowest BCUT2D eigenvalue weighted by atomic mass is 10.3. The minimum Gasteiger partial charge on any atom is -0.497 e. The van der Waals surface area contributed by atoms with Gasteiger partial charge in [-0.3, -0.25) is 5.32 Å². The molecule has 1 aromatic rings. The molecule has 71 valence electrons. The van der Waals surface area contributed by atoms with E-state index in [0.717, 1.165) is 11.4 Å². The second kappa shape index (κ2) is 5.43. The zero-order valence-electron chi connectivity index (χ0n) is 7.99. The van der Waals surface area contributed by atoms with E-state index in [-0.39, 0.29) is 0 Å². The van der Waals surface area contributed by atoms with E-state index < -0.39 is 0 Å². The third-order valence-electron chi connectivity index (χ3n) is 1.66. The minimum atomic E-state index is 0.659. The van der Waals surface area contributed by atoms with E-state index >= 15 is 0 Å². The molecule has 1 rings (SSSR count). The van der Waals surface area contributed by atoms with Crippen LogP contribution >= 0.6 is 0 Å². The Hall–Kier alpha value is -1.22. The number of ether oxygens (including phenoxy) is 2. The Labute approximate surface area is 78.7 Å². The molecule has 0 saturated carbocycles. The maximum absolute atomic E-state index is 5.03. The molecule has 0 aliphatic rings. The van der Waals surface area contributed by atoms with Crippen LogP contribution in [0.2, 0.25) is 0 Å². The quantitative estimate of drug-likeness (QED) is 0.644. The van der Waals surface area contributed by atoms with Crippen molar-refractivity contribution < 1.29 is 9.47 Å². The minimum absolute atomic E-state index is 0.659. The van der Waals surface area contributed by atoms with Crippen molar-refractivity contribution in [3.05, 3.63) is 24.3 Å². The molecule has 0 fully saturated rings. The maximum atomic E-state index is 5.03. The summed E-state index contributed by atoms with van der Waals surface area (Å²) in [6.07, 6.45) is 0. The van der Waals surface area contributed by atoms with Crippen LogP contribution < -0.4 is 10.1 Å². The van der Waals surface area contributed by atoms with Gasteiger partial charge >= 0.3 is 0 Å². The van der Waals surface area contributed by atoms with Crippen molar-refractivity contribution in [2.45, 2.75) is 0 Å². The van der Waals surface area contributed by atoms with E-state index in [1.54, 1.807) is 14.2 Å². The summed E-state index contributed by atoms with van der Waals surface area (Å²) in [6.45, 7) is 1.36. The third-order valence-corrected chi connectivity index (χ3v) is 1.66. The van der Waals surface area contributed by atoms with Crippen LogP contribution in [0.1, 0.15) is 0 Å². The van der Waals surface area contributed by atoms with Gasteiger partial charge < -0.3 is 9.47 Å². The molecule has 0 aliphatic heterocycles. The van der Waals surface area contributed by atoms with Gasteiger partial charge in [0.2, 0.25) is 0 Å². The average Bonchev–Trinajstić information content (AvgIpc) is 2.19. The van der Waals surface area contributed by atoms with Crippen molar-refractivity contribution in [2.75, 3.05) is 27.4 Å². The molecule has 0 aliphatic carbocycles. The number of hydrogen-bond acceptors (Lipinski definition) is 2. The van der Waals surface area contributed by atoms with E-state index in [0.29, 0.717) is 13.2 Å². The molecule has 1 radical (unpaired) electrons. The van der Waals surface area contributed by atoms with Crippen molar-refractivity contribution in [1.29, 1.82) is 0 Å². The normalized spacial score (nSPS) is 9.69. The molecular weight excluding hydrogens is 166 g/mol. The highest BCUT2D eigenvalue weighted by Gasteiger charge is 1.93. The summed E-state index contributed by atoms with van der Waals surface area (Å²) in [5, 5.41) is 4.29. The van der Waals surface area contributed by atoms with Gasteiger partial charge in [-0.1, -0.05) is 0 Å². The van der Waals surface area contributed by atoms with Crippen molar-refractivity contribution >= 4 is 5.69 Å². The van der Waals surface area contributed by atoms with Gasteiger partial charge in [0.25, 0.3) is 0 Å². The summed E-state index contributed by atoms with van der Waals surface area (Å²) in [7, 11) is 3.32. The predicted molar refractivity (Wildman–Crippen MR) is 51.5 cm³/mol. The second-order valence-corrected chi connectivity index (χ2v) is 2.57. The zero-order chi connectivity index (χ0) is 9.52. The molecule has 0 saturated heterocycles. The lowest BCUT2D eigenvalue weighted by Crippen LogP contribution is -2.06. The highest BCUT2D eigenvalue weighted by Crippen LogP contribution is 2.14. The first kappa shape index (κ1) is 9.86. The van der Waals surface area contributed by atoms with E-state index in [4.69, 9.17) is 9.47 Å². The van der Waals surface area contributed by atoms with Crippen LogP contribution in [0.5, 0.6) is 5.75 Å². The topological polar surface area (TPSA) is 32.6 Å². The van der Waals surface area contributed by atoms with E-state index in [2.05, 4.69) is 5.32 Å². The highest BCUT2D eigenvalue weighted by atomic mass is 16.5. The molecular formula is C10H14NO2. The van der Waals surface area contributed by atoms with E-state index in [1.807, 2.05) is 24.3 Å². The Morgan fingerprint density at radius 3 is 2.38 bits per heavy atom. The molecule has 0 aromatic heterocycles. The molecule has 0 unspecified atom stereocenters. The Morgan fingerprint density at radius 2 is 1.85 bits per heavy atom. The van der Waals surface area contributed by atoms with Gasteiger partial charge in [-0.05, 0) is 24.3 Å². The summed E-state index contributed by atoms with van der Waals surface area (Å²) in [5.41, 5.74) is 0.956. The van der Waals surface area contributed by atoms with Crippen molar-refractivity contribution in [3.63, 3.8) is 0 Å². The van der Waals surface area contributed by atoms with Crippen molar-refractivity contribution in [1.82, 2.24) is 5.32 Å². The van der Waals surface area contributed by atoms with Crippen LogP contribution in [0.25, 0.3) is 0 Å². The van der Waals surface area contributed by atoms with Crippen molar-refractivity contribution in [3.8, 4) is 5.75 Å². The largest absolute Gasteiger partial charge is 0.497 e. The maximum Gasteiger partial charge on any atom is 0.119 e. The number of benzene rings is 1. The van der Waals surface area contributed by atoms with Crippen LogP contribution in [0.15, 0.2) is 24.3 Å². The molecule has 0 amide bonds. The number of nitrogens with zero attached hydrogens (tertiary/aromatic N) is 1. The lowest BCUT2D eigenvalue weighted by Gasteiger charge is -2.03. The second-order valence-electron chi connectivity index (χ2n) is 2.57. The first-order chi connectivity index (χ1) is 6.36. The first-order valence-corrected chi connectivity index (χ1v) is 4.17. The number of methoxy groups -OCH3 is 2. The smallest absolute Gasteiger partial charge is 0.119 e. The Bertz CT molecular complexity index is 233. The predicted octanol–water partition coefficient (Wildman–Crippen LogP) is 1.58. The Morgan fingerprint density at radius 1 is 1.15 bits per heavy atom. The van der Waals surface area contributed by atoms with Gasteiger partial charge in [-0.25, -0.2) is 0 Å². The summed E-state index contributed by atoms with van der Waals surface area (Å²) in [5.74, 6) is 0.852. The van der Waals surface area contributed by atoms with Crippen LogP contribution in [-0.4, -0.2) is 27.4 Å². The highest BCUT2D eigenvalue weighted by molar-refractivity contribution is 5.40. The lowest BCUT2D eigenvalue weighted by molar-refractivity contribution is 0.202. The molecule has 3 nitrogen and oxygen atoms in total. The number of rotatable bonds is 5. The molecule has 0 spiro atoms. The molecule has 0 atom stereocenters. The molecule has 3 heteroatoms. The Kier molecular flexibility index (Phi) is 4.12. The van der Waals surface area contributed by atoms with E-state index in [1.165, 1.54) is 0 Å². The van der Waals surface area contributed by atoms with Gasteiger partial charge in [-0.15, -0.1) is 0 Å². The number of hydrogen-bond donors (Lipinski definition) is 0. The fraction of sp³-hybridized carbons (Fsp3) is 0.400. The SMILES string of the molecule is COCC[N]c1ccc(OC)cc1. The summed E-state index contributed by atoms with van der Waals surface area (Å²) < 4.78 is 9.92. The third kappa shape index (κ3) is 3.34. The first-order valence-electron chi connectivity index (χ1n) is 4.17. The fourth-order valence-corrected chi connectivity index (χ4v) is 0.954. The molecule has 0 bridgehead atoms. The van der Waals surface area contributed by atoms with Crippen LogP contribution in [0.3, 0.4) is 0 Å². The Balaban J connectivity index is 2.40. The monoisotopic (exact) mass is 180 g/mol. The standard InChI is InChI=1S/C10H14NO2/c1-12-8-7-11-9-3-5-10(13-2)6-4-9/h3-6H,7-8H2,1-2H3. The van der Waals surface area contributed by atoms with Gasteiger partial charge in [0.05, 0.1) is 25.9 Å². The van der Waals surface area contributed by atoms with Crippen LogP contribution in [0, 0.1) is 0 Å². The van der Waals surface area contributed by atoms with Crippen LogP contribution in [-0.2, 0) is 4.74 Å². The van der Waals surface area contributed by atoms with Gasteiger partial charge in [0, 0.05) is 7.11 Å². The zero-order valence-corrected chi connectivity index (χ0v) is 7.99. The molecule has 1 aromatic carbocycles. The molecule has 0 heterocycles. The summed E-state index contributed by atoms with van der Waals surface area (Å²) >= 11 is 0. The molecule has 13 heavy (non-hydrogen) atoms.